The van der Waals surface area contributed by atoms with Crippen LogP contribution >= 0.6 is 0 Å². The van der Waals surface area contributed by atoms with Gasteiger partial charge in [0.05, 0.1) is 23.8 Å². The van der Waals surface area contributed by atoms with E-state index >= 15 is 0 Å². The fourth-order valence-corrected chi connectivity index (χ4v) is 2.22. The molecule has 25 heavy (non-hydrogen) atoms. The zero-order valence-corrected chi connectivity index (χ0v) is 13.4. The number of carbonyl (C=O) groups excluding carboxylic acids is 1. The molecule has 2 atom stereocenters. The van der Waals surface area contributed by atoms with E-state index in [4.69, 9.17) is 5.26 Å². The molecule has 2 N–H and O–H groups in total. The number of carbonyl (C=O) groups is 1. The highest BCUT2D eigenvalue weighted by Crippen LogP contribution is 2.19. The molecule has 0 aliphatic rings. The van der Waals surface area contributed by atoms with Gasteiger partial charge in [0.1, 0.15) is 0 Å². The number of nitrogens with zero attached hydrogens (tertiary/aromatic N) is 1. The third kappa shape index (κ3) is 4.96. The second-order valence-corrected chi connectivity index (χ2v) is 5.49. The van der Waals surface area contributed by atoms with Crippen LogP contribution in [0.2, 0.25) is 0 Å². The molecule has 4 nitrogen and oxygen atoms in total. The molecule has 0 aliphatic carbocycles. The predicted octanol–water partition coefficient (Wildman–Crippen LogP) is 3.09. The molecule has 0 radical (unpaired) electrons. The van der Waals surface area contributed by atoms with Gasteiger partial charge in [0.2, 0.25) is 5.91 Å². The number of aliphatic hydroxyl groups is 1. The quantitative estimate of drug-likeness (QED) is 0.820. The first-order valence-corrected chi connectivity index (χ1v) is 7.52. The molecule has 1 amide bonds. The van der Waals surface area contributed by atoms with Crippen LogP contribution in [0.5, 0.6) is 0 Å². The third-order valence-corrected chi connectivity index (χ3v) is 3.57. The standard InChI is InChI=1S/C19H16F2N2O2/c1-12(19(25)15-6-7-16(20)17(21)10-15)23-18(24)8-5-13-3-2-4-14(9-13)11-22/h2-10,12,19,25H,1H3,(H,23,24)/b8-5+. The average molecular weight is 342 g/mol. The van der Waals surface area contributed by atoms with Gasteiger partial charge >= 0.3 is 0 Å². The Balaban J connectivity index is 2.00. The summed E-state index contributed by atoms with van der Waals surface area (Å²) in [5.41, 5.74) is 1.32. The van der Waals surface area contributed by atoms with Crippen LogP contribution in [0, 0.1) is 23.0 Å². The highest BCUT2D eigenvalue weighted by Gasteiger charge is 2.19. The molecule has 0 bridgehead atoms. The molecule has 0 heterocycles. The number of hydrogen-bond acceptors (Lipinski definition) is 3. The van der Waals surface area contributed by atoms with Crippen LogP contribution in [0.1, 0.15) is 29.7 Å². The van der Waals surface area contributed by atoms with Crippen molar-refractivity contribution in [3.63, 3.8) is 0 Å². The lowest BCUT2D eigenvalue weighted by atomic mass is 10.0. The van der Waals surface area contributed by atoms with E-state index in [1.165, 1.54) is 18.2 Å². The Morgan fingerprint density at radius 2 is 2.00 bits per heavy atom. The molecule has 128 valence electrons. The fourth-order valence-electron chi connectivity index (χ4n) is 2.22. The van der Waals surface area contributed by atoms with Crippen molar-refractivity contribution in [2.24, 2.45) is 0 Å². The second-order valence-electron chi connectivity index (χ2n) is 5.49. The summed E-state index contributed by atoms with van der Waals surface area (Å²) in [6, 6.07) is 11.1. The summed E-state index contributed by atoms with van der Waals surface area (Å²) in [5, 5.41) is 21.5. The van der Waals surface area contributed by atoms with Gasteiger partial charge in [-0.15, -0.1) is 0 Å². The van der Waals surface area contributed by atoms with E-state index < -0.39 is 29.7 Å². The maximum atomic E-state index is 13.2. The fraction of sp³-hybridized carbons (Fsp3) is 0.158. The number of hydrogen-bond donors (Lipinski definition) is 2. The van der Waals surface area contributed by atoms with E-state index in [1.54, 1.807) is 31.2 Å². The molecule has 0 spiro atoms. The number of benzene rings is 2. The number of aliphatic hydroxyl groups excluding tert-OH is 1. The molecule has 0 saturated carbocycles. The lowest BCUT2D eigenvalue weighted by Gasteiger charge is -2.20. The van der Waals surface area contributed by atoms with E-state index in [0.29, 0.717) is 11.1 Å². The van der Waals surface area contributed by atoms with Crippen molar-refractivity contribution >= 4 is 12.0 Å². The first kappa shape index (κ1) is 18.3. The van der Waals surface area contributed by atoms with Crippen LogP contribution in [0.4, 0.5) is 8.78 Å². The monoisotopic (exact) mass is 342 g/mol. The second kappa shape index (κ2) is 8.18. The summed E-state index contributed by atoms with van der Waals surface area (Å²) < 4.78 is 26.2. The molecule has 2 aromatic carbocycles. The highest BCUT2D eigenvalue weighted by molar-refractivity contribution is 5.92. The van der Waals surface area contributed by atoms with Gasteiger partial charge in [0.15, 0.2) is 11.6 Å². The molecule has 0 fully saturated rings. The highest BCUT2D eigenvalue weighted by atomic mass is 19.2. The van der Waals surface area contributed by atoms with Gasteiger partial charge in [-0.1, -0.05) is 18.2 Å². The van der Waals surface area contributed by atoms with Crippen LogP contribution < -0.4 is 5.32 Å². The van der Waals surface area contributed by atoms with Gasteiger partial charge in [-0.05, 0) is 48.4 Å². The lowest BCUT2D eigenvalue weighted by molar-refractivity contribution is -0.117. The SMILES string of the molecule is CC(NC(=O)/C=C/c1cccc(C#N)c1)C(O)c1ccc(F)c(F)c1. The molecule has 2 rings (SSSR count). The van der Waals surface area contributed by atoms with Gasteiger partial charge in [-0.3, -0.25) is 4.79 Å². The van der Waals surface area contributed by atoms with E-state index in [-0.39, 0.29) is 5.56 Å². The molecular formula is C19H16F2N2O2. The summed E-state index contributed by atoms with van der Waals surface area (Å²) in [4.78, 5) is 11.9. The minimum Gasteiger partial charge on any atom is -0.386 e. The molecule has 2 aromatic rings. The Morgan fingerprint density at radius 3 is 2.68 bits per heavy atom. The van der Waals surface area contributed by atoms with Crippen molar-refractivity contribution in [1.82, 2.24) is 5.32 Å². The minimum absolute atomic E-state index is 0.164. The molecule has 2 unspecified atom stereocenters. The average Bonchev–Trinajstić information content (AvgIpc) is 2.61. The van der Waals surface area contributed by atoms with Gasteiger partial charge in [-0.2, -0.15) is 5.26 Å². The zero-order chi connectivity index (χ0) is 18.4. The van der Waals surface area contributed by atoms with E-state index in [9.17, 15) is 18.7 Å². The van der Waals surface area contributed by atoms with Crippen molar-refractivity contribution in [1.29, 1.82) is 5.26 Å². The Kier molecular flexibility index (Phi) is 5.98. The Morgan fingerprint density at radius 1 is 1.24 bits per heavy atom. The Labute approximate surface area is 144 Å². The summed E-state index contributed by atoms with van der Waals surface area (Å²) in [6.07, 6.45) is 1.62. The van der Waals surface area contributed by atoms with E-state index in [1.807, 2.05) is 6.07 Å². The van der Waals surface area contributed by atoms with Crippen LogP contribution in [0.15, 0.2) is 48.5 Å². The van der Waals surface area contributed by atoms with Crippen molar-refractivity contribution < 1.29 is 18.7 Å². The van der Waals surface area contributed by atoms with Crippen molar-refractivity contribution in [3.05, 3.63) is 76.9 Å². The number of amides is 1. The molecule has 6 heteroatoms. The molecule has 0 aliphatic heterocycles. The van der Waals surface area contributed by atoms with E-state index in [0.717, 1.165) is 12.1 Å². The topological polar surface area (TPSA) is 73.1 Å². The van der Waals surface area contributed by atoms with E-state index in [2.05, 4.69) is 5.32 Å². The maximum absolute atomic E-state index is 13.2. The summed E-state index contributed by atoms with van der Waals surface area (Å²) in [5.74, 6) is -2.53. The van der Waals surface area contributed by atoms with Gasteiger partial charge in [-0.25, -0.2) is 8.78 Å². The van der Waals surface area contributed by atoms with Crippen LogP contribution in [-0.4, -0.2) is 17.1 Å². The third-order valence-electron chi connectivity index (χ3n) is 3.57. The molecular weight excluding hydrogens is 326 g/mol. The largest absolute Gasteiger partial charge is 0.386 e. The van der Waals surface area contributed by atoms with Crippen molar-refractivity contribution in [3.8, 4) is 6.07 Å². The summed E-state index contributed by atoms with van der Waals surface area (Å²) in [7, 11) is 0. The van der Waals surface area contributed by atoms with Gasteiger partial charge in [0.25, 0.3) is 0 Å². The lowest BCUT2D eigenvalue weighted by Crippen LogP contribution is -2.36. The first-order valence-electron chi connectivity index (χ1n) is 7.52. The summed E-state index contributed by atoms with van der Waals surface area (Å²) in [6.45, 7) is 1.55. The first-order chi connectivity index (χ1) is 11.9. The van der Waals surface area contributed by atoms with Gasteiger partial charge in [0, 0.05) is 6.08 Å². The predicted molar refractivity (Wildman–Crippen MR) is 89.1 cm³/mol. The maximum Gasteiger partial charge on any atom is 0.244 e. The Hall–Kier alpha value is -3.04. The van der Waals surface area contributed by atoms with Crippen LogP contribution in [0.3, 0.4) is 0 Å². The smallest absolute Gasteiger partial charge is 0.244 e. The minimum atomic E-state index is -1.19. The zero-order valence-electron chi connectivity index (χ0n) is 13.4. The number of nitrogens with one attached hydrogen (secondary N) is 1. The van der Waals surface area contributed by atoms with Gasteiger partial charge < -0.3 is 10.4 Å². The van der Waals surface area contributed by atoms with Crippen LogP contribution in [0.25, 0.3) is 6.08 Å². The van der Waals surface area contributed by atoms with Crippen LogP contribution in [-0.2, 0) is 4.79 Å². The summed E-state index contributed by atoms with van der Waals surface area (Å²) >= 11 is 0. The molecule has 0 aromatic heterocycles. The number of rotatable bonds is 5. The number of halogens is 2. The number of nitriles is 1. The van der Waals surface area contributed by atoms with Crippen molar-refractivity contribution in [2.45, 2.75) is 19.1 Å². The molecule has 0 saturated heterocycles. The Bertz CT molecular complexity index is 844. The normalized spacial score (nSPS) is 13.2. The van der Waals surface area contributed by atoms with Crippen molar-refractivity contribution in [2.75, 3.05) is 0 Å².